The van der Waals surface area contributed by atoms with E-state index in [1.807, 2.05) is 0 Å². The van der Waals surface area contributed by atoms with Crippen LogP contribution >= 0.6 is 0 Å². The van der Waals surface area contributed by atoms with Crippen LogP contribution in [0.3, 0.4) is 0 Å². The Morgan fingerprint density at radius 3 is 2.74 bits per heavy atom. The molecule has 19 heavy (non-hydrogen) atoms. The molecule has 1 heterocycles. The molecular weight excluding hydrogens is 258 g/mol. The lowest BCUT2D eigenvalue weighted by molar-refractivity contribution is -0.178. The van der Waals surface area contributed by atoms with E-state index in [4.69, 9.17) is 4.74 Å². The second kappa shape index (κ2) is 6.10. The first-order valence-electron chi connectivity index (χ1n) is 5.87. The van der Waals surface area contributed by atoms with Crippen molar-refractivity contribution in [1.29, 1.82) is 0 Å². The Labute approximate surface area is 110 Å². The summed E-state index contributed by atoms with van der Waals surface area (Å²) in [6, 6.07) is 0. The van der Waals surface area contributed by atoms with Gasteiger partial charge in [-0.1, -0.05) is 6.58 Å². The van der Waals surface area contributed by atoms with E-state index in [1.165, 1.54) is 23.8 Å². The zero-order chi connectivity index (χ0) is 14.6. The Morgan fingerprint density at radius 2 is 2.21 bits per heavy atom. The average molecular weight is 276 g/mol. The van der Waals surface area contributed by atoms with Gasteiger partial charge in [0.15, 0.2) is 0 Å². The largest absolute Gasteiger partial charge is 0.366 e. The molecule has 1 saturated heterocycles. The molecule has 0 spiro atoms. The molecule has 1 fully saturated rings. The van der Waals surface area contributed by atoms with Crippen LogP contribution in [-0.2, 0) is 14.3 Å². The molecule has 0 aromatic carbocycles. The monoisotopic (exact) mass is 276 g/mol. The number of likely N-dealkylation sites (N-methyl/N-ethyl adjacent to an activating group) is 1. The number of amides is 2. The number of hydrogen-bond donors (Lipinski definition) is 0. The summed E-state index contributed by atoms with van der Waals surface area (Å²) in [5.41, 5.74) is -1.64. The Balaban J connectivity index is 2.62. The first kappa shape index (κ1) is 15.6. The molecule has 5 nitrogen and oxygen atoms in total. The Bertz CT molecular complexity index is 376. The summed E-state index contributed by atoms with van der Waals surface area (Å²) in [6.45, 7) is 4.55. The minimum Gasteiger partial charge on any atom is -0.366 e. The van der Waals surface area contributed by atoms with Gasteiger partial charge < -0.3 is 14.5 Å². The van der Waals surface area contributed by atoms with E-state index in [2.05, 4.69) is 6.58 Å². The molecule has 2 amide bonds. The molecular formula is C12H18F2N2O3. The maximum atomic E-state index is 12.8. The molecule has 1 atom stereocenters. The van der Waals surface area contributed by atoms with Crippen molar-refractivity contribution in [2.75, 3.05) is 33.3 Å². The number of morpholine rings is 1. The smallest absolute Gasteiger partial charge is 0.268 e. The quantitative estimate of drug-likeness (QED) is 0.703. The van der Waals surface area contributed by atoms with E-state index in [9.17, 15) is 18.4 Å². The van der Waals surface area contributed by atoms with Gasteiger partial charge in [0.1, 0.15) is 5.60 Å². The lowest BCUT2D eigenvalue weighted by Gasteiger charge is -2.40. The summed E-state index contributed by atoms with van der Waals surface area (Å²) < 4.78 is 30.7. The summed E-state index contributed by atoms with van der Waals surface area (Å²) in [6.07, 6.45) is -1.58. The summed E-state index contributed by atoms with van der Waals surface area (Å²) in [5, 5.41) is 0. The number of carbonyl (C=O) groups excluding carboxylic acids is 2. The van der Waals surface area contributed by atoms with Crippen molar-refractivity contribution in [3.63, 3.8) is 0 Å². The highest BCUT2D eigenvalue weighted by Gasteiger charge is 2.42. The zero-order valence-corrected chi connectivity index (χ0v) is 11.1. The van der Waals surface area contributed by atoms with Crippen molar-refractivity contribution >= 4 is 11.8 Å². The van der Waals surface area contributed by atoms with Crippen molar-refractivity contribution in [1.82, 2.24) is 9.80 Å². The lowest BCUT2D eigenvalue weighted by Crippen LogP contribution is -2.57. The maximum absolute atomic E-state index is 12.8. The van der Waals surface area contributed by atoms with Crippen LogP contribution in [0.1, 0.15) is 6.92 Å². The summed E-state index contributed by atoms with van der Waals surface area (Å²) in [4.78, 5) is 25.7. The fourth-order valence-electron chi connectivity index (χ4n) is 1.77. The predicted molar refractivity (Wildman–Crippen MR) is 64.8 cm³/mol. The molecule has 0 aliphatic carbocycles. The number of rotatable bonds is 4. The van der Waals surface area contributed by atoms with E-state index < -0.39 is 17.9 Å². The molecule has 0 radical (unpaired) electrons. The van der Waals surface area contributed by atoms with E-state index >= 15 is 0 Å². The van der Waals surface area contributed by atoms with Crippen LogP contribution in [0.5, 0.6) is 0 Å². The molecule has 0 N–H and O–H groups in total. The maximum Gasteiger partial charge on any atom is 0.268 e. The van der Waals surface area contributed by atoms with Crippen LogP contribution in [0, 0.1) is 0 Å². The zero-order valence-electron chi connectivity index (χ0n) is 11.1. The third kappa shape index (κ3) is 3.73. The van der Waals surface area contributed by atoms with Gasteiger partial charge in [0.2, 0.25) is 11.8 Å². The molecule has 0 aromatic heterocycles. The minimum absolute atomic E-state index is 0.0612. The molecule has 1 aliphatic heterocycles. The van der Waals surface area contributed by atoms with E-state index in [0.717, 1.165) is 6.08 Å². The van der Waals surface area contributed by atoms with Gasteiger partial charge in [-0.3, -0.25) is 9.59 Å². The van der Waals surface area contributed by atoms with Gasteiger partial charge in [-0.05, 0) is 13.0 Å². The van der Waals surface area contributed by atoms with Crippen molar-refractivity contribution in [3.8, 4) is 0 Å². The first-order valence-corrected chi connectivity index (χ1v) is 5.87. The molecule has 0 saturated carbocycles. The van der Waals surface area contributed by atoms with Gasteiger partial charge in [-0.2, -0.15) is 0 Å². The SMILES string of the molecule is C=CC(=O)N(C)CC(=O)N1CCOC(C)(C(F)F)C1. The van der Waals surface area contributed by atoms with Crippen LogP contribution in [0.25, 0.3) is 0 Å². The predicted octanol–water partition coefficient (Wildman–Crippen LogP) is 0.513. The van der Waals surface area contributed by atoms with E-state index in [0.29, 0.717) is 0 Å². The van der Waals surface area contributed by atoms with Crippen LogP contribution in [0.4, 0.5) is 8.78 Å². The van der Waals surface area contributed by atoms with Gasteiger partial charge in [0.25, 0.3) is 6.43 Å². The molecule has 1 aliphatic rings. The highest BCUT2D eigenvalue weighted by Crippen LogP contribution is 2.24. The van der Waals surface area contributed by atoms with Gasteiger partial charge in [-0.25, -0.2) is 8.78 Å². The Hall–Kier alpha value is -1.50. The summed E-state index contributed by atoms with van der Waals surface area (Å²) in [7, 11) is 1.45. The van der Waals surface area contributed by atoms with Crippen molar-refractivity contribution < 1.29 is 23.1 Å². The van der Waals surface area contributed by atoms with Crippen molar-refractivity contribution in [2.45, 2.75) is 19.0 Å². The second-order valence-corrected chi connectivity index (χ2v) is 4.68. The van der Waals surface area contributed by atoms with Gasteiger partial charge in [0.05, 0.1) is 19.7 Å². The highest BCUT2D eigenvalue weighted by molar-refractivity contribution is 5.90. The second-order valence-electron chi connectivity index (χ2n) is 4.68. The molecule has 1 rings (SSSR count). The summed E-state index contributed by atoms with van der Waals surface area (Å²) in [5.74, 6) is -0.772. The van der Waals surface area contributed by atoms with Gasteiger partial charge in [0, 0.05) is 13.6 Å². The molecule has 0 bridgehead atoms. The number of nitrogens with zero attached hydrogens (tertiary/aromatic N) is 2. The number of hydrogen-bond acceptors (Lipinski definition) is 3. The van der Waals surface area contributed by atoms with Crippen LogP contribution in [-0.4, -0.2) is 66.9 Å². The number of carbonyl (C=O) groups is 2. The van der Waals surface area contributed by atoms with Crippen LogP contribution < -0.4 is 0 Å². The number of halogens is 2. The Kier molecular flexibility index (Phi) is 4.99. The molecule has 1 unspecified atom stereocenters. The fraction of sp³-hybridized carbons (Fsp3) is 0.667. The van der Waals surface area contributed by atoms with Crippen molar-refractivity contribution in [3.05, 3.63) is 12.7 Å². The van der Waals surface area contributed by atoms with Crippen LogP contribution in [0.2, 0.25) is 0 Å². The normalized spacial score (nSPS) is 23.3. The fourth-order valence-corrected chi connectivity index (χ4v) is 1.77. The van der Waals surface area contributed by atoms with E-state index in [1.54, 1.807) is 0 Å². The van der Waals surface area contributed by atoms with Gasteiger partial charge >= 0.3 is 0 Å². The topological polar surface area (TPSA) is 49.9 Å². The molecule has 108 valence electrons. The third-order valence-corrected chi connectivity index (χ3v) is 3.04. The number of alkyl halides is 2. The Morgan fingerprint density at radius 1 is 1.58 bits per heavy atom. The average Bonchev–Trinajstić information content (AvgIpc) is 2.37. The highest BCUT2D eigenvalue weighted by atomic mass is 19.3. The first-order chi connectivity index (χ1) is 8.80. The standard InChI is InChI=1S/C12H18F2N2O3/c1-4-9(17)15(3)7-10(18)16-5-6-19-12(2,8-16)11(13)14/h4,11H,1,5-8H2,2-3H3. The lowest BCUT2D eigenvalue weighted by atomic mass is 10.1. The van der Waals surface area contributed by atoms with Gasteiger partial charge in [-0.15, -0.1) is 0 Å². The number of ether oxygens (including phenoxy) is 1. The molecule has 0 aromatic rings. The van der Waals surface area contributed by atoms with Crippen molar-refractivity contribution in [2.24, 2.45) is 0 Å². The minimum atomic E-state index is -2.67. The summed E-state index contributed by atoms with van der Waals surface area (Å²) >= 11 is 0. The van der Waals surface area contributed by atoms with Crippen LogP contribution in [0.15, 0.2) is 12.7 Å². The van der Waals surface area contributed by atoms with E-state index in [-0.39, 0.29) is 32.1 Å². The third-order valence-electron chi connectivity index (χ3n) is 3.04. The molecule has 7 heteroatoms.